The van der Waals surface area contributed by atoms with Crippen molar-refractivity contribution in [2.45, 2.75) is 17.3 Å². The Labute approximate surface area is 205 Å². The van der Waals surface area contributed by atoms with Crippen LogP contribution in [0.25, 0.3) is 16.6 Å². The zero-order valence-electron chi connectivity index (χ0n) is 18.7. The normalized spacial score (nSPS) is 11.8. The van der Waals surface area contributed by atoms with Crippen LogP contribution in [0.5, 0.6) is 11.5 Å². The maximum Gasteiger partial charge on any atom is 0.266 e. The molecule has 0 spiro atoms. The summed E-state index contributed by atoms with van der Waals surface area (Å²) < 4.78 is 12.2. The van der Waals surface area contributed by atoms with Crippen LogP contribution in [0.2, 0.25) is 5.02 Å². The van der Waals surface area contributed by atoms with Gasteiger partial charge in [-0.1, -0.05) is 41.6 Å². The summed E-state index contributed by atoms with van der Waals surface area (Å²) in [7, 11) is 3.07. The number of carbonyl (C=O) groups excluding carboxylic acids is 1. The molecule has 0 radical (unpaired) electrons. The number of fused-ring (bicyclic) bond motifs is 1. The van der Waals surface area contributed by atoms with Crippen molar-refractivity contribution in [1.82, 2.24) is 9.55 Å². The van der Waals surface area contributed by atoms with Gasteiger partial charge < -0.3 is 14.8 Å². The van der Waals surface area contributed by atoms with Gasteiger partial charge in [0, 0.05) is 16.8 Å². The van der Waals surface area contributed by atoms with Crippen molar-refractivity contribution in [2.75, 3.05) is 19.5 Å². The number of amides is 1. The molecular weight excluding hydrogens is 474 g/mol. The number of para-hydroxylation sites is 1. The van der Waals surface area contributed by atoms with E-state index in [9.17, 15) is 9.59 Å². The summed E-state index contributed by atoms with van der Waals surface area (Å²) in [5.41, 5.74) is 1.44. The summed E-state index contributed by atoms with van der Waals surface area (Å²) in [6, 6.07) is 19.2. The molecule has 1 atom stereocenters. The molecular formula is C25H22ClN3O4S. The molecule has 0 unspecified atom stereocenters. The van der Waals surface area contributed by atoms with Crippen LogP contribution in [-0.4, -0.2) is 34.9 Å². The Morgan fingerprint density at radius 2 is 1.79 bits per heavy atom. The number of ether oxygens (including phenoxy) is 2. The highest BCUT2D eigenvalue weighted by atomic mass is 35.5. The van der Waals surface area contributed by atoms with Crippen LogP contribution < -0.4 is 20.3 Å². The number of halogens is 1. The Morgan fingerprint density at radius 1 is 1.03 bits per heavy atom. The van der Waals surface area contributed by atoms with Gasteiger partial charge in [0.2, 0.25) is 5.91 Å². The molecule has 1 N–H and O–H groups in total. The average molecular weight is 496 g/mol. The maximum absolute atomic E-state index is 13.5. The Bertz CT molecular complexity index is 1420. The molecule has 1 amide bonds. The zero-order valence-corrected chi connectivity index (χ0v) is 20.3. The number of benzene rings is 3. The molecule has 4 rings (SSSR count). The van der Waals surface area contributed by atoms with Gasteiger partial charge in [-0.05, 0) is 49.4 Å². The number of hydrogen-bond donors (Lipinski definition) is 1. The summed E-state index contributed by atoms with van der Waals surface area (Å²) in [5.74, 6) is 0.771. The molecule has 3 aromatic carbocycles. The fraction of sp³-hybridized carbons (Fsp3) is 0.160. The second kappa shape index (κ2) is 10.2. The molecule has 1 aromatic heterocycles. The van der Waals surface area contributed by atoms with E-state index in [1.54, 1.807) is 74.7 Å². The van der Waals surface area contributed by atoms with Gasteiger partial charge in [-0.3, -0.25) is 14.2 Å². The molecule has 34 heavy (non-hydrogen) atoms. The van der Waals surface area contributed by atoms with Gasteiger partial charge in [-0.15, -0.1) is 0 Å². The Hall–Kier alpha value is -3.49. The summed E-state index contributed by atoms with van der Waals surface area (Å²) in [4.78, 5) is 31.1. The minimum Gasteiger partial charge on any atom is -0.493 e. The van der Waals surface area contributed by atoms with Crippen molar-refractivity contribution < 1.29 is 14.3 Å². The predicted molar refractivity (Wildman–Crippen MR) is 136 cm³/mol. The molecule has 4 aromatic rings. The summed E-state index contributed by atoms with van der Waals surface area (Å²) in [6.07, 6.45) is 0. The summed E-state index contributed by atoms with van der Waals surface area (Å²) >= 11 is 7.21. The van der Waals surface area contributed by atoms with E-state index in [-0.39, 0.29) is 11.5 Å². The van der Waals surface area contributed by atoms with E-state index in [4.69, 9.17) is 26.1 Å². The van der Waals surface area contributed by atoms with Crippen LogP contribution in [0, 0.1) is 0 Å². The fourth-order valence-corrected chi connectivity index (χ4v) is 4.52. The van der Waals surface area contributed by atoms with E-state index in [1.165, 1.54) is 23.4 Å². The van der Waals surface area contributed by atoms with E-state index >= 15 is 0 Å². The van der Waals surface area contributed by atoms with Gasteiger partial charge in [0.05, 0.1) is 36.1 Å². The lowest BCUT2D eigenvalue weighted by molar-refractivity contribution is -0.115. The van der Waals surface area contributed by atoms with Crippen LogP contribution in [-0.2, 0) is 4.79 Å². The molecule has 7 nitrogen and oxygen atoms in total. The van der Waals surface area contributed by atoms with Crippen molar-refractivity contribution >= 4 is 45.9 Å². The molecule has 0 bridgehead atoms. The second-order valence-corrected chi connectivity index (χ2v) is 9.10. The van der Waals surface area contributed by atoms with Crippen LogP contribution in [0.1, 0.15) is 6.92 Å². The van der Waals surface area contributed by atoms with Gasteiger partial charge in [-0.25, -0.2) is 4.98 Å². The molecule has 0 fully saturated rings. The predicted octanol–water partition coefficient (Wildman–Crippen LogP) is 5.18. The van der Waals surface area contributed by atoms with Crippen LogP contribution in [0.15, 0.2) is 76.7 Å². The second-order valence-electron chi connectivity index (χ2n) is 7.35. The maximum atomic E-state index is 13.5. The monoisotopic (exact) mass is 495 g/mol. The smallest absolute Gasteiger partial charge is 0.266 e. The third kappa shape index (κ3) is 4.88. The van der Waals surface area contributed by atoms with Crippen molar-refractivity contribution in [3.05, 3.63) is 82.1 Å². The van der Waals surface area contributed by atoms with Gasteiger partial charge >= 0.3 is 0 Å². The minimum absolute atomic E-state index is 0.242. The summed E-state index contributed by atoms with van der Waals surface area (Å²) in [6.45, 7) is 1.75. The highest BCUT2D eigenvalue weighted by molar-refractivity contribution is 8.00. The molecule has 0 saturated heterocycles. The molecule has 174 valence electrons. The number of nitrogens with zero attached hydrogens (tertiary/aromatic N) is 2. The number of carbonyl (C=O) groups is 1. The highest BCUT2D eigenvalue weighted by Gasteiger charge is 2.21. The third-order valence-corrected chi connectivity index (χ3v) is 6.40. The molecule has 9 heteroatoms. The number of methoxy groups -OCH3 is 2. The Morgan fingerprint density at radius 3 is 2.53 bits per heavy atom. The zero-order chi connectivity index (χ0) is 24.2. The van der Waals surface area contributed by atoms with Gasteiger partial charge in [0.15, 0.2) is 16.7 Å². The van der Waals surface area contributed by atoms with Crippen molar-refractivity contribution in [1.29, 1.82) is 0 Å². The third-order valence-electron chi connectivity index (χ3n) is 5.11. The first kappa shape index (κ1) is 23.7. The van der Waals surface area contributed by atoms with Crippen LogP contribution >= 0.6 is 23.4 Å². The van der Waals surface area contributed by atoms with Crippen molar-refractivity contribution in [3.63, 3.8) is 0 Å². The lowest BCUT2D eigenvalue weighted by atomic mass is 10.2. The van der Waals surface area contributed by atoms with Crippen LogP contribution in [0.4, 0.5) is 5.69 Å². The molecule has 1 heterocycles. The molecule has 0 saturated carbocycles. The number of anilines is 1. The first-order chi connectivity index (χ1) is 16.4. The van der Waals surface area contributed by atoms with Crippen molar-refractivity contribution in [3.8, 4) is 17.2 Å². The number of aromatic nitrogens is 2. The highest BCUT2D eigenvalue weighted by Crippen LogP contribution is 2.31. The molecule has 0 aliphatic heterocycles. The summed E-state index contributed by atoms with van der Waals surface area (Å²) in [5, 5.41) is 3.67. The SMILES string of the molecule is COc1ccc(-n2c(S[C@H](C)C(=O)Nc3cccc(Cl)c3)nc3ccccc3c2=O)cc1OC. The topological polar surface area (TPSA) is 82.5 Å². The van der Waals surface area contributed by atoms with E-state index in [2.05, 4.69) is 5.32 Å². The van der Waals surface area contributed by atoms with E-state index < -0.39 is 5.25 Å². The Kier molecular flexibility index (Phi) is 7.09. The molecule has 0 aliphatic rings. The lowest BCUT2D eigenvalue weighted by Crippen LogP contribution is -2.26. The van der Waals surface area contributed by atoms with E-state index in [0.717, 1.165) is 0 Å². The van der Waals surface area contributed by atoms with Gasteiger partial charge in [-0.2, -0.15) is 0 Å². The quantitative estimate of drug-likeness (QED) is 0.281. The van der Waals surface area contributed by atoms with E-state index in [1.807, 2.05) is 6.07 Å². The number of rotatable bonds is 7. The first-order valence-electron chi connectivity index (χ1n) is 10.4. The standard InChI is InChI=1S/C25H22ClN3O4S/c1-15(23(30)27-17-8-6-7-16(26)13-17)34-25-28-20-10-5-4-9-19(20)24(31)29(25)18-11-12-21(32-2)22(14-18)33-3/h4-15H,1-3H3,(H,27,30)/t15-/m1/s1. The number of nitrogens with one attached hydrogen (secondary N) is 1. The van der Waals surface area contributed by atoms with Gasteiger partial charge in [0.1, 0.15) is 0 Å². The minimum atomic E-state index is -0.557. The number of thioether (sulfide) groups is 1. The largest absolute Gasteiger partial charge is 0.493 e. The van der Waals surface area contributed by atoms with Gasteiger partial charge in [0.25, 0.3) is 5.56 Å². The Balaban J connectivity index is 1.76. The number of hydrogen-bond acceptors (Lipinski definition) is 6. The van der Waals surface area contributed by atoms with Crippen molar-refractivity contribution in [2.24, 2.45) is 0 Å². The fourth-order valence-electron chi connectivity index (χ4n) is 3.40. The lowest BCUT2D eigenvalue weighted by Gasteiger charge is -2.17. The van der Waals surface area contributed by atoms with E-state index in [0.29, 0.717) is 44.0 Å². The first-order valence-corrected chi connectivity index (χ1v) is 11.6. The average Bonchev–Trinajstić information content (AvgIpc) is 2.84. The van der Waals surface area contributed by atoms with Crippen LogP contribution in [0.3, 0.4) is 0 Å². The molecule has 0 aliphatic carbocycles.